The number of carbonyl (C=O) groups is 2. The van der Waals surface area contributed by atoms with E-state index in [4.69, 9.17) is 27.9 Å². The van der Waals surface area contributed by atoms with Gasteiger partial charge >= 0.3 is 0 Å². The molecule has 1 atom stereocenters. The number of halogens is 2. The van der Waals surface area contributed by atoms with Crippen LogP contribution in [0.1, 0.15) is 26.3 Å². The largest absolute Gasteiger partial charge is 0.492 e. The van der Waals surface area contributed by atoms with Crippen LogP contribution < -0.4 is 14.4 Å². The van der Waals surface area contributed by atoms with Gasteiger partial charge in [-0.1, -0.05) is 41.4 Å². The molecular formula is C29H33Cl2N3O5S2. The average Bonchev–Trinajstić information content (AvgIpc) is 2.95. The highest BCUT2D eigenvalue weighted by molar-refractivity contribution is 7.98. The van der Waals surface area contributed by atoms with Gasteiger partial charge in [0.1, 0.15) is 18.3 Å². The second-order valence-corrected chi connectivity index (χ2v) is 12.5. The summed E-state index contributed by atoms with van der Waals surface area (Å²) in [6, 6.07) is 17.0. The summed E-state index contributed by atoms with van der Waals surface area (Å²) in [5.41, 5.74) is 0.754. The number of hydrogen-bond donors (Lipinski definition) is 1. The predicted molar refractivity (Wildman–Crippen MR) is 166 cm³/mol. The number of para-hydroxylation sites is 2. The third-order valence-electron chi connectivity index (χ3n) is 6.23. The van der Waals surface area contributed by atoms with Crippen LogP contribution in [0.3, 0.4) is 0 Å². The second kappa shape index (κ2) is 14.8. The smallest absolute Gasteiger partial charge is 0.264 e. The maximum absolute atomic E-state index is 14.1. The summed E-state index contributed by atoms with van der Waals surface area (Å²) in [4.78, 5) is 29.1. The van der Waals surface area contributed by atoms with E-state index in [1.807, 2.05) is 6.26 Å². The van der Waals surface area contributed by atoms with E-state index in [9.17, 15) is 18.0 Å². The van der Waals surface area contributed by atoms with Crippen LogP contribution in [0.5, 0.6) is 5.75 Å². The fraction of sp³-hybridized carbons (Fsp3) is 0.310. The van der Waals surface area contributed by atoms with Crippen LogP contribution in [-0.2, 0) is 26.2 Å². The van der Waals surface area contributed by atoms with Crippen LogP contribution in [0.4, 0.5) is 5.69 Å². The number of rotatable bonds is 13. The van der Waals surface area contributed by atoms with Crippen LogP contribution in [0.15, 0.2) is 76.5 Å². The van der Waals surface area contributed by atoms with E-state index < -0.39 is 28.5 Å². The van der Waals surface area contributed by atoms with Gasteiger partial charge in [0.25, 0.3) is 10.0 Å². The van der Waals surface area contributed by atoms with Gasteiger partial charge in [-0.05, 0) is 81.1 Å². The molecule has 0 aromatic heterocycles. The summed E-state index contributed by atoms with van der Waals surface area (Å²) in [5, 5.41) is 3.47. The lowest BCUT2D eigenvalue weighted by molar-refractivity contribution is -0.139. The molecule has 0 saturated carbocycles. The molecule has 0 fully saturated rings. The van der Waals surface area contributed by atoms with E-state index in [0.717, 1.165) is 9.20 Å². The molecule has 0 unspecified atom stereocenters. The van der Waals surface area contributed by atoms with E-state index in [1.165, 1.54) is 28.8 Å². The molecule has 0 bridgehead atoms. The van der Waals surface area contributed by atoms with Crippen molar-refractivity contribution in [2.45, 2.75) is 43.1 Å². The first kappa shape index (κ1) is 32.6. The molecule has 0 radical (unpaired) electrons. The summed E-state index contributed by atoms with van der Waals surface area (Å²) >= 11 is 14.0. The zero-order valence-electron chi connectivity index (χ0n) is 23.3. The zero-order chi connectivity index (χ0) is 30.2. The minimum Gasteiger partial charge on any atom is -0.492 e. The Bertz CT molecular complexity index is 1470. The Hall–Kier alpha value is -2.92. The van der Waals surface area contributed by atoms with Crippen molar-refractivity contribution in [3.8, 4) is 5.75 Å². The van der Waals surface area contributed by atoms with Crippen LogP contribution in [0, 0.1) is 0 Å². The number of carbonyl (C=O) groups excluding carboxylic acids is 2. The quantitative estimate of drug-likeness (QED) is 0.236. The molecule has 12 heteroatoms. The number of nitrogens with zero attached hydrogens (tertiary/aromatic N) is 2. The molecule has 0 aliphatic carbocycles. The molecule has 3 aromatic rings. The third kappa shape index (κ3) is 8.09. The number of hydrogen-bond acceptors (Lipinski definition) is 6. The van der Waals surface area contributed by atoms with Crippen LogP contribution in [0.2, 0.25) is 10.0 Å². The Morgan fingerprint density at radius 1 is 1.02 bits per heavy atom. The molecule has 0 heterocycles. The Balaban J connectivity index is 2.10. The summed E-state index contributed by atoms with van der Waals surface area (Å²) in [7, 11) is -4.24. The highest BCUT2D eigenvalue weighted by atomic mass is 35.5. The Morgan fingerprint density at radius 3 is 2.32 bits per heavy atom. The minimum absolute atomic E-state index is 0.0125. The molecular weight excluding hydrogens is 605 g/mol. The number of anilines is 1. The Labute approximate surface area is 256 Å². The molecule has 8 nitrogen and oxygen atoms in total. The van der Waals surface area contributed by atoms with Crippen molar-refractivity contribution in [1.82, 2.24) is 10.2 Å². The van der Waals surface area contributed by atoms with E-state index in [-0.39, 0.29) is 29.6 Å². The monoisotopic (exact) mass is 637 g/mol. The molecule has 1 N–H and O–H groups in total. The topological polar surface area (TPSA) is 96.0 Å². The van der Waals surface area contributed by atoms with Crippen molar-refractivity contribution in [3.05, 3.63) is 82.3 Å². The van der Waals surface area contributed by atoms with Gasteiger partial charge in [0.15, 0.2) is 0 Å². The van der Waals surface area contributed by atoms with Gasteiger partial charge in [-0.25, -0.2) is 8.42 Å². The van der Waals surface area contributed by atoms with E-state index in [2.05, 4.69) is 5.32 Å². The number of likely N-dealkylation sites (N-methyl/N-ethyl adjacent to an activating group) is 1. The van der Waals surface area contributed by atoms with Gasteiger partial charge in [-0.15, -0.1) is 11.8 Å². The lowest BCUT2D eigenvalue weighted by Gasteiger charge is -2.32. The first-order chi connectivity index (χ1) is 19.5. The number of sulfonamides is 1. The lowest BCUT2D eigenvalue weighted by Crippen LogP contribution is -2.51. The summed E-state index contributed by atoms with van der Waals surface area (Å²) < 4.78 is 34.9. The molecule has 0 saturated heterocycles. The van der Waals surface area contributed by atoms with Gasteiger partial charge in [0.2, 0.25) is 11.8 Å². The number of ether oxygens (including phenoxy) is 1. The Morgan fingerprint density at radius 2 is 1.71 bits per heavy atom. The van der Waals surface area contributed by atoms with Crippen molar-refractivity contribution in [3.63, 3.8) is 0 Å². The molecule has 2 amide bonds. The van der Waals surface area contributed by atoms with Crippen molar-refractivity contribution in [2.24, 2.45) is 0 Å². The van der Waals surface area contributed by atoms with E-state index >= 15 is 0 Å². The molecule has 0 aliphatic heterocycles. The summed E-state index contributed by atoms with van der Waals surface area (Å²) in [6.45, 7) is 5.16. The van der Waals surface area contributed by atoms with Gasteiger partial charge < -0.3 is 15.0 Å². The SMILES string of the molecule is CCNC(=O)[C@@H](C)N(Cc1ccc(Cl)cc1Cl)C(=O)CN(c1ccccc1OCC)S(=O)(=O)c1ccc(SC)cc1. The fourth-order valence-electron chi connectivity index (χ4n) is 4.07. The van der Waals surface area contributed by atoms with Gasteiger partial charge in [-0.2, -0.15) is 0 Å². The molecule has 0 aliphatic rings. The highest BCUT2D eigenvalue weighted by Crippen LogP contribution is 2.33. The molecule has 3 aromatic carbocycles. The molecule has 0 spiro atoms. The maximum Gasteiger partial charge on any atom is 0.264 e. The van der Waals surface area contributed by atoms with Crippen LogP contribution in [0.25, 0.3) is 0 Å². The third-order valence-corrected chi connectivity index (χ3v) is 9.34. The average molecular weight is 639 g/mol. The van der Waals surface area contributed by atoms with Crippen LogP contribution in [-0.4, -0.2) is 57.1 Å². The second-order valence-electron chi connectivity index (χ2n) is 8.92. The first-order valence-corrected chi connectivity index (χ1v) is 16.3. The predicted octanol–water partition coefficient (Wildman–Crippen LogP) is 5.86. The van der Waals surface area contributed by atoms with Crippen molar-refractivity contribution < 1.29 is 22.7 Å². The lowest BCUT2D eigenvalue weighted by atomic mass is 10.1. The normalized spacial score (nSPS) is 12.0. The van der Waals surface area contributed by atoms with Gasteiger partial charge in [-0.3, -0.25) is 13.9 Å². The zero-order valence-corrected chi connectivity index (χ0v) is 26.4. The number of amides is 2. The van der Waals surface area contributed by atoms with Crippen molar-refractivity contribution in [1.29, 1.82) is 0 Å². The van der Waals surface area contributed by atoms with Crippen molar-refractivity contribution >= 4 is 62.5 Å². The number of thioether (sulfide) groups is 1. The van der Waals surface area contributed by atoms with Crippen LogP contribution >= 0.6 is 35.0 Å². The summed E-state index contributed by atoms with van der Waals surface area (Å²) in [5.74, 6) is -0.690. The molecule has 220 valence electrons. The standard InChI is InChI=1S/C29H33Cl2N3O5S2/c1-5-32-29(36)20(3)33(18-21-11-12-22(30)17-25(21)31)28(35)19-34(26-9-7-8-10-27(26)39-6-2)41(37,38)24-15-13-23(40-4)14-16-24/h7-17,20H,5-6,18-19H2,1-4H3,(H,32,36)/t20-/m1/s1. The highest BCUT2D eigenvalue weighted by Gasteiger charge is 2.34. The molecule has 41 heavy (non-hydrogen) atoms. The van der Waals surface area contributed by atoms with E-state index in [1.54, 1.807) is 75.4 Å². The van der Waals surface area contributed by atoms with Gasteiger partial charge in [0, 0.05) is 28.0 Å². The number of benzene rings is 3. The fourth-order valence-corrected chi connectivity index (χ4v) is 6.37. The molecule has 3 rings (SSSR count). The van der Waals surface area contributed by atoms with E-state index in [0.29, 0.717) is 27.9 Å². The van der Waals surface area contributed by atoms with Gasteiger partial charge in [0.05, 0.1) is 17.2 Å². The maximum atomic E-state index is 14.1. The minimum atomic E-state index is -4.24. The summed E-state index contributed by atoms with van der Waals surface area (Å²) in [6.07, 6.45) is 1.89. The van der Waals surface area contributed by atoms with Crippen molar-refractivity contribution in [2.75, 3.05) is 30.3 Å². The Kier molecular flexibility index (Phi) is 11.8. The first-order valence-electron chi connectivity index (χ1n) is 12.9. The number of nitrogens with one attached hydrogen (secondary N) is 1.